The van der Waals surface area contributed by atoms with E-state index in [4.69, 9.17) is 38.9 Å². The molecule has 23 heteroatoms. The summed E-state index contributed by atoms with van der Waals surface area (Å²) in [5.41, 5.74) is 3.56. The average Bonchev–Trinajstić information content (AvgIpc) is 1.79. The van der Waals surface area contributed by atoms with Gasteiger partial charge in [-0.05, 0) is 54.9 Å². The van der Waals surface area contributed by atoms with Gasteiger partial charge in [-0.2, -0.15) is 35.1 Å². The number of ether oxygens (including phenoxy) is 6. The molecular formula is C68H76N2O16SU4. The van der Waals surface area contributed by atoms with Gasteiger partial charge in [-0.25, -0.2) is 14.5 Å². The van der Waals surface area contributed by atoms with E-state index in [-0.39, 0.29) is 218 Å². The second-order valence-corrected chi connectivity index (χ2v) is 22.8. The van der Waals surface area contributed by atoms with Gasteiger partial charge in [-0.1, -0.05) is 108 Å². The predicted octanol–water partition coefficient (Wildman–Crippen LogP) is 10.7. The Labute approximate surface area is 635 Å². The van der Waals surface area contributed by atoms with Crippen molar-refractivity contribution < 1.29 is 201 Å². The molecule has 2 aliphatic carbocycles. The van der Waals surface area contributed by atoms with Crippen LogP contribution in [-0.2, 0) is 86.2 Å². The molecule has 0 saturated heterocycles. The first kappa shape index (κ1) is 91.1. The van der Waals surface area contributed by atoms with Gasteiger partial charge in [0.2, 0.25) is 0 Å². The summed E-state index contributed by atoms with van der Waals surface area (Å²) >= 11 is 1.45. The molecule has 6 rings (SSSR count). The molecule has 0 bridgehead atoms. The number of thioether (sulfide) groups is 1. The second-order valence-electron chi connectivity index (χ2n) is 21.7. The van der Waals surface area contributed by atoms with Crippen molar-refractivity contribution in [2.24, 2.45) is 34.5 Å². The number of hydrogen-bond donors (Lipinski definition) is 0. The Bertz CT molecular complexity index is 2740. The predicted molar refractivity (Wildman–Crippen MR) is 323 cm³/mol. The van der Waals surface area contributed by atoms with Gasteiger partial charge < -0.3 is 73.6 Å². The molecular weight excluding hydrogens is 2080 g/mol. The summed E-state index contributed by atoms with van der Waals surface area (Å²) in [6.07, 6.45) is 17.4. The molecule has 1 heterocycles. The van der Waals surface area contributed by atoms with Gasteiger partial charge in [0.1, 0.15) is 29.2 Å². The van der Waals surface area contributed by atoms with Gasteiger partial charge in [0.15, 0.2) is 0 Å². The van der Waals surface area contributed by atoms with Crippen LogP contribution in [0.3, 0.4) is 0 Å². The Balaban J connectivity index is -0.00000105. The largest absolute Gasteiger partial charge is 2.00 e. The van der Waals surface area contributed by atoms with Crippen LogP contribution in [0.2, 0.25) is 0 Å². The minimum Gasteiger partial charge on any atom is -0.542 e. The average molecular weight is 2160 g/mol. The van der Waals surface area contributed by atoms with Crippen LogP contribution in [0.15, 0.2) is 95.3 Å². The molecule has 0 radical (unpaired) electrons. The van der Waals surface area contributed by atoms with Crippen LogP contribution in [0.1, 0.15) is 127 Å². The fraction of sp³-hybridized carbons (Fsp3) is 0.441. The van der Waals surface area contributed by atoms with Crippen LogP contribution >= 0.6 is 11.8 Å². The summed E-state index contributed by atoms with van der Waals surface area (Å²) in [5.74, 6) is -1.35. The minimum absolute atomic E-state index is 0. The van der Waals surface area contributed by atoms with E-state index in [2.05, 4.69) is 39.1 Å². The molecule has 1 aliphatic heterocycles. The Morgan fingerprint density at radius 2 is 0.978 bits per heavy atom. The molecule has 0 N–H and O–H groups in total. The van der Waals surface area contributed by atoms with Crippen molar-refractivity contribution in [3.8, 4) is 23.6 Å². The third kappa shape index (κ3) is 38.8. The number of carbonyl (C=O) groups excluding carboxylic acids is 10. The summed E-state index contributed by atoms with van der Waals surface area (Å²) in [7, 11) is 0. The summed E-state index contributed by atoms with van der Waals surface area (Å²) in [6, 6.07) is 26.9. The zero-order chi connectivity index (χ0) is 64.8. The Morgan fingerprint density at radius 1 is 0.615 bits per heavy atom. The number of nitriles is 2. The summed E-state index contributed by atoms with van der Waals surface area (Å²) in [6.45, 7) is 23.8. The maximum Gasteiger partial charge on any atom is 2.00 e. The number of nitrogens with zero attached hydrogens (tertiary/aromatic N) is 2. The first-order valence-corrected chi connectivity index (χ1v) is 29.0. The van der Waals surface area contributed by atoms with Gasteiger partial charge >= 0.3 is 160 Å². The number of carbonyl (C=O) groups is 6. The van der Waals surface area contributed by atoms with E-state index in [0.29, 0.717) is 17.9 Å². The number of rotatable bonds is 24. The van der Waals surface area contributed by atoms with Gasteiger partial charge in [-0.3, -0.25) is 61.5 Å². The van der Waals surface area contributed by atoms with E-state index < -0.39 is 34.7 Å². The van der Waals surface area contributed by atoms with Crippen molar-refractivity contribution in [2.75, 3.05) is 26.4 Å². The van der Waals surface area contributed by atoms with Crippen LogP contribution in [0.4, 0.5) is 0 Å². The monoisotopic (exact) mass is 2160 g/mol. The van der Waals surface area contributed by atoms with Crippen molar-refractivity contribution in [1.82, 2.24) is 0 Å². The molecule has 3 aliphatic rings. The fourth-order valence-corrected chi connectivity index (χ4v) is 8.91. The van der Waals surface area contributed by atoms with Crippen LogP contribution in [0, 0.1) is 215 Å². The number of fused-ring (bicyclic) bond motifs is 1. The summed E-state index contributed by atoms with van der Waals surface area (Å²) in [4.78, 5) is 111. The quantitative estimate of drug-likeness (QED) is 0.0201. The van der Waals surface area contributed by atoms with Gasteiger partial charge in [0.25, 0.3) is 0 Å². The Morgan fingerprint density at radius 3 is 1.30 bits per heavy atom. The van der Waals surface area contributed by atoms with Crippen molar-refractivity contribution in [1.29, 1.82) is 10.5 Å². The molecule has 0 spiro atoms. The first-order chi connectivity index (χ1) is 41.5. The molecule has 2 saturated carbocycles. The van der Waals surface area contributed by atoms with Crippen molar-refractivity contribution >= 4 is 72.7 Å². The maximum absolute atomic E-state index is 12.0. The van der Waals surface area contributed by atoms with E-state index in [0.717, 1.165) is 108 Å². The van der Waals surface area contributed by atoms with Gasteiger partial charge in [0.05, 0.1) is 38.3 Å². The molecule has 3 aromatic rings. The van der Waals surface area contributed by atoms with Gasteiger partial charge in [-0.15, -0.1) is 31.6 Å². The van der Waals surface area contributed by atoms with E-state index in [1.807, 2.05) is 62.0 Å². The van der Waals surface area contributed by atoms with Crippen LogP contribution < -0.4 is 9.47 Å². The standard InChI is InChI=1S/2C16H18O3.C12H6N2S.2C12H17O5.4U/c2*1-2-12-5-9-15(10-6-12)19-16(18)14-7-3-13(11-17)4-8-14;1-8-2-3-11-9(4-8)5-12(15-11)10(6-13)7-14;2*1-4-10(14)16-8-12(2,3)9-17-11(15)6-5-7-13;;;;/h2*5-6,9-10,13-14H,1-4,7-8H2;2H,5H2,1H3;2*4H,1,5-6,8-9H2,2-3H3;;;;/q3*-2;2*-1;4*+2. The third-order valence-corrected chi connectivity index (χ3v) is 14.2. The van der Waals surface area contributed by atoms with Crippen LogP contribution in [0.25, 0.3) is 0 Å². The molecule has 2 fully saturated rings. The topological polar surface area (TPSA) is 274 Å². The first-order valence-electron chi connectivity index (χ1n) is 28.2. The van der Waals surface area contributed by atoms with Crippen molar-refractivity contribution in [3.05, 3.63) is 139 Å². The molecule has 3 aromatic carbocycles. The molecule has 0 atom stereocenters. The third-order valence-electron chi connectivity index (χ3n) is 13.1. The van der Waals surface area contributed by atoms with E-state index in [1.54, 1.807) is 64.5 Å². The fourth-order valence-electron chi connectivity index (χ4n) is 7.89. The number of hydrogen-bond acceptors (Lipinski definition) is 19. The van der Waals surface area contributed by atoms with E-state index in [9.17, 15) is 47.9 Å². The SMILES string of the molecule is C=CC(=O)OCC(C)(C)COC(=O)CC[C-]=O.C=CC(=O)OCC(C)(C)COC(=O)CC[C-]=O.Cc1[c-]c2c([c-]c1)SC(=C(C#N)C#N)C2.[CH2-]Cc1ccc(OC(=O)C2CCC([C-]=O)CC2)cc1.[CH2-]Cc1ccc(OC(=O)C2CCC([C-]=O)CC2)cc1.[U+2].[U+2].[U+2].[U+2]. The normalized spacial score (nSPS) is 15.5. The van der Waals surface area contributed by atoms with E-state index in [1.165, 1.54) is 11.8 Å². The smallest absolute Gasteiger partial charge is 0.542 e. The number of benzene rings is 3. The van der Waals surface area contributed by atoms with Gasteiger partial charge in [0, 0.05) is 35.8 Å². The van der Waals surface area contributed by atoms with Crippen LogP contribution in [0.5, 0.6) is 11.5 Å². The van der Waals surface area contributed by atoms with Crippen molar-refractivity contribution in [2.45, 2.75) is 136 Å². The second kappa shape index (κ2) is 51.3. The molecule has 0 amide bonds. The summed E-state index contributed by atoms with van der Waals surface area (Å²) < 4.78 is 30.3. The Hall–Kier alpha value is -4.08. The molecule has 476 valence electrons. The zero-order valence-electron chi connectivity index (χ0n) is 52.3. The summed E-state index contributed by atoms with van der Waals surface area (Å²) in [5, 5.41) is 17.5. The molecule has 0 aromatic heterocycles. The molecule has 91 heavy (non-hydrogen) atoms. The number of aryl methyl sites for hydroxylation is 1. The molecule has 0 unspecified atom stereocenters. The number of allylic oxidation sites excluding steroid dienone is 2. The van der Waals surface area contributed by atoms with Crippen LogP contribution in [-0.4, -0.2) is 87.4 Å². The van der Waals surface area contributed by atoms with E-state index >= 15 is 0 Å². The Kier molecular flexibility index (Phi) is 51.3. The molecule has 18 nitrogen and oxygen atoms in total. The number of esters is 6. The van der Waals surface area contributed by atoms with Crippen molar-refractivity contribution in [3.63, 3.8) is 0 Å². The maximum atomic E-state index is 12.0. The minimum atomic E-state index is -0.514. The zero-order valence-corrected chi connectivity index (χ0v) is 69.7.